The molecule has 0 saturated carbocycles. The van der Waals surface area contributed by atoms with E-state index < -0.39 is 0 Å². The maximum Gasteiger partial charge on any atom is 0.160 e. The lowest BCUT2D eigenvalue weighted by molar-refractivity contribution is 1.18. The molecular weight excluding hydrogens is 675 g/mol. The molecule has 11 aromatic rings. The molecule has 252 valence electrons. The SMILES string of the molecule is c1ccc(-c2nc(-c3ccccc3)c3cc(-c4ccc5c(c4)c4ccc(-c6cccc7c6sc6ccccc67)cc4n5-c4ccccc4)ccc3n2)cc1. The molecule has 0 bridgehead atoms. The highest BCUT2D eigenvalue weighted by atomic mass is 32.1. The van der Waals surface area contributed by atoms with Crippen LogP contribution in [0.3, 0.4) is 0 Å². The van der Waals surface area contributed by atoms with Gasteiger partial charge in [0.05, 0.1) is 22.2 Å². The molecular formula is C50H31N3S. The molecule has 0 aliphatic carbocycles. The molecule has 0 fully saturated rings. The van der Waals surface area contributed by atoms with E-state index in [2.05, 4.69) is 168 Å². The Balaban J connectivity index is 1.10. The van der Waals surface area contributed by atoms with Gasteiger partial charge in [-0.1, -0.05) is 140 Å². The number of aromatic nitrogens is 3. The van der Waals surface area contributed by atoms with Gasteiger partial charge in [0.25, 0.3) is 0 Å². The van der Waals surface area contributed by atoms with Crippen molar-refractivity contribution in [3.63, 3.8) is 0 Å². The minimum Gasteiger partial charge on any atom is -0.309 e. The number of benzene rings is 8. The van der Waals surface area contributed by atoms with E-state index in [1.165, 1.54) is 53.1 Å². The smallest absolute Gasteiger partial charge is 0.160 e. The average Bonchev–Trinajstić information content (AvgIpc) is 3.79. The molecule has 0 radical (unpaired) electrons. The summed E-state index contributed by atoms with van der Waals surface area (Å²) in [6.45, 7) is 0. The van der Waals surface area contributed by atoms with E-state index in [0.717, 1.165) is 50.4 Å². The fraction of sp³-hybridized carbons (Fsp3) is 0. The first-order valence-corrected chi connectivity index (χ1v) is 19.1. The van der Waals surface area contributed by atoms with Gasteiger partial charge in [0.1, 0.15) is 0 Å². The highest BCUT2D eigenvalue weighted by molar-refractivity contribution is 7.26. The van der Waals surface area contributed by atoms with E-state index in [1.807, 2.05) is 35.6 Å². The third-order valence-corrected chi connectivity index (χ3v) is 11.8. The van der Waals surface area contributed by atoms with Gasteiger partial charge in [-0.15, -0.1) is 11.3 Å². The Labute approximate surface area is 316 Å². The van der Waals surface area contributed by atoms with Crippen LogP contribution in [-0.4, -0.2) is 14.5 Å². The number of thiophene rings is 1. The summed E-state index contributed by atoms with van der Waals surface area (Å²) < 4.78 is 5.06. The van der Waals surface area contributed by atoms with Crippen molar-refractivity contribution in [3.05, 3.63) is 188 Å². The van der Waals surface area contributed by atoms with Gasteiger partial charge >= 0.3 is 0 Å². The van der Waals surface area contributed by atoms with Gasteiger partial charge in [-0.25, -0.2) is 9.97 Å². The molecule has 0 saturated heterocycles. The molecule has 4 heteroatoms. The van der Waals surface area contributed by atoms with Crippen LogP contribution in [0.4, 0.5) is 0 Å². The Morgan fingerprint density at radius 1 is 0.389 bits per heavy atom. The van der Waals surface area contributed by atoms with Gasteiger partial charge in [0.15, 0.2) is 5.82 Å². The van der Waals surface area contributed by atoms with Crippen LogP contribution in [0, 0.1) is 0 Å². The second-order valence-corrected chi connectivity index (χ2v) is 14.8. The van der Waals surface area contributed by atoms with Crippen molar-refractivity contribution in [1.82, 2.24) is 14.5 Å². The third-order valence-electron chi connectivity index (χ3n) is 10.6. The van der Waals surface area contributed by atoms with E-state index in [9.17, 15) is 0 Å². The summed E-state index contributed by atoms with van der Waals surface area (Å²) in [5.41, 5.74) is 12.2. The molecule has 3 aromatic heterocycles. The van der Waals surface area contributed by atoms with E-state index in [-0.39, 0.29) is 0 Å². The zero-order valence-corrected chi connectivity index (χ0v) is 30.0. The van der Waals surface area contributed by atoms with Crippen molar-refractivity contribution in [2.75, 3.05) is 0 Å². The molecule has 54 heavy (non-hydrogen) atoms. The second-order valence-electron chi connectivity index (χ2n) is 13.8. The van der Waals surface area contributed by atoms with Crippen molar-refractivity contribution in [2.24, 2.45) is 0 Å². The molecule has 0 spiro atoms. The van der Waals surface area contributed by atoms with E-state index in [4.69, 9.17) is 9.97 Å². The molecule has 0 aliphatic rings. The summed E-state index contributed by atoms with van der Waals surface area (Å²) in [4.78, 5) is 10.2. The normalized spacial score (nSPS) is 11.7. The van der Waals surface area contributed by atoms with Crippen molar-refractivity contribution >= 4 is 64.2 Å². The van der Waals surface area contributed by atoms with Crippen LogP contribution in [0.25, 0.3) is 103 Å². The maximum atomic E-state index is 5.15. The zero-order valence-electron chi connectivity index (χ0n) is 29.1. The number of para-hydroxylation sites is 1. The van der Waals surface area contributed by atoms with Crippen LogP contribution < -0.4 is 0 Å². The summed E-state index contributed by atoms with van der Waals surface area (Å²) >= 11 is 1.88. The number of rotatable bonds is 5. The van der Waals surface area contributed by atoms with Crippen molar-refractivity contribution in [2.45, 2.75) is 0 Å². The average molecular weight is 706 g/mol. The second kappa shape index (κ2) is 12.4. The topological polar surface area (TPSA) is 30.7 Å². The lowest BCUT2D eigenvalue weighted by Crippen LogP contribution is -1.95. The van der Waals surface area contributed by atoms with Crippen LogP contribution >= 0.6 is 11.3 Å². The van der Waals surface area contributed by atoms with Crippen molar-refractivity contribution in [1.29, 1.82) is 0 Å². The van der Waals surface area contributed by atoms with Crippen LogP contribution in [0.2, 0.25) is 0 Å². The van der Waals surface area contributed by atoms with Crippen LogP contribution in [0.1, 0.15) is 0 Å². The molecule has 3 heterocycles. The van der Waals surface area contributed by atoms with Gasteiger partial charge < -0.3 is 4.57 Å². The fourth-order valence-corrected chi connectivity index (χ4v) is 9.28. The molecule has 0 amide bonds. The summed E-state index contributed by atoms with van der Waals surface area (Å²) in [5, 5.41) is 6.11. The summed E-state index contributed by atoms with van der Waals surface area (Å²) in [5.74, 6) is 0.729. The van der Waals surface area contributed by atoms with Gasteiger partial charge in [-0.05, 0) is 70.8 Å². The van der Waals surface area contributed by atoms with Gasteiger partial charge in [-0.2, -0.15) is 0 Å². The summed E-state index contributed by atoms with van der Waals surface area (Å²) in [6.07, 6.45) is 0. The quantitative estimate of drug-likeness (QED) is 0.178. The van der Waals surface area contributed by atoms with E-state index >= 15 is 0 Å². The van der Waals surface area contributed by atoms with E-state index in [1.54, 1.807) is 0 Å². The molecule has 8 aromatic carbocycles. The predicted octanol–water partition coefficient (Wildman–Crippen LogP) is 13.8. The molecule has 0 atom stereocenters. The Bertz CT molecular complexity index is 3200. The Morgan fingerprint density at radius 2 is 1.06 bits per heavy atom. The van der Waals surface area contributed by atoms with Gasteiger partial charge in [-0.3, -0.25) is 0 Å². The largest absolute Gasteiger partial charge is 0.309 e. The minimum absolute atomic E-state index is 0.729. The maximum absolute atomic E-state index is 5.15. The standard InChI is InChI=1S/C50H31N3S/c1-4-13-32(14-5-1)48-43-30-34(24-27-44(43)51-50(52-48)33-15-6-2-7-16-33)35-25-28-45-42(29-35)39-26-23-36(31-46(39)53(45)37-17-8-3-9-18-37)38-20-12-21-41-40-19-10-11-22-47(40)54-49(38)41/h1-31H. The van der Waals surface area contributed by atoms with Gasteiger partial charge in [0, 0.05) is 53.1 Å². The molecule has 0 unspecified atom stereocenters. The molecule has 3 nitrogen and oxygen atoms in total. The van der Waals surface area contributed by atoms with Crippen LogP contribution in [0.5, 0.6) is 0 Å². The Kier molecular flexibility index (Phi) is 7.04. The Morgan fingerprint density at radius 3 is 1.87 bits per heavy atom. The zero-order chi connectivity index (χ0) is 35.6. The molecule has 0 aliphatic heterocycles. The number of hydrogen-bond acceptors (Lipinski definition) is 3. The van der Waals surface area contributed by atoms with Crippen LogP contribution in [-0.2, 0) is 0 Å². The molecule has 11 rings (SSSR count). The number of hydrogen-bond donors (Lipinski definition) is 0. The van der Waals surface area contributed by atoms with Gasteiger partial charge in [0.2, 0.25) is 0 Å². The minimum atomic E-state index is 0.729. The number of nitrogens with zero attached hydrogens (tertiary/aromatic N) is 3. The fourth-order valence-electron chi connectivity index (χ4n) is 8.04. The third kappa shape index (κ3) is 4.96. The predicted molar refractivity (Wildman–Crippen MR) is 229 cm³/mol. The number of fused-ring (bicyclic) bond motifs is 7. The monoisotopic (exact) mass is 705 g/mol. The van der Waals surface area contributed by atoms with Crippen LogP contribution in [0.15, 0.2) is 188 Å². The highest BCUT2D eigenvalue weighted by Gasteiger charge is 2.18. The highest BCUT2D eigenvalue weighted by Crippen LogP contribution is 2.42. The Hall–Kier alpha value is -6.88. The first-order valence-electron chi connectivity index (χ1n) is 18.2. The first kappa shape index (κ1) is 30.7. The van der Waals surface area contributed by atoms with Crippen molar-refractivity contribution in [3.8, 4) is 50.6 Å². The lowest BCUT2D eigenvalue weighted by Gasteiger charge is -2.12. The molecule has 0 N–H and O–H groups in total. The first-order chi connectivity index (χ1) is 26.8. The van der Waals surface area contributed by atoms with Crippen molar-refractivity contribution < 1.29 is 0 Å². The van der Waals surface area contributed by atoms with E-state index in [0.29, 0.717) is 0 Å². The summed E-state index contributed by atoms with van der Waals surface area (Å²) in [6, 6.07) is 67.3. The summed E-state index contributed by atoms with van der Waals surface area (Å²) in [7, 11) is 0. The lowest BCUT2D eigenvalue weighted by atomic mass is 9.98.